The predicted molar refractivity (Wildman–Crippen MR) is 117 cm³/mol. The van der Waals surface area contributed by atoms with Gasteiger partial charge in [-0.2, -0.15) is 0 Å². The highest BCUT2D eigenvalue weighted by Gasteiger charge is 2.20. The summed E-state index contributed by atoms with van der Waals surface area (Å²) >= 11 is 1.28. The van der Waals surface area contributed by atoms with E-state index in [-0.39, 0.29) is 6.03 Å². The molecule has 1 fully saturated rings. The average molecular weight is 417 g/mol. The molecule has 0 spiro atoms. The Kier molecular flexibility index (Phi) is 7.48. The van der Waals surface area contributed by atoms with Gasteiger partial charge in [0.25, 0.3) is 5.91 Å². The lowest BCUT2D eigenvalue weighted by Crippen LogP contribution is -2.30. The molecular weight excluding hydrogens is 388 g/mol. The van der Waals surface area contributed by atoms with Crippen molar-refractivity contribution in [1.82, 2.24) is 10.2 Å². The third-order valence-electron chi connectivity index (χ3n) is 5.03. The van der Waals surface area contributed by atoms with Crippen molar-refractivity contribution in [3.8, 4) is 16.9 Å². The van der Waals surface area contributed by atoms with E-state index < -0.39 is 5.91 Å². The minimum Gasteiger partial charge on any atom is -0.497 e. The Labute approximate surface area is 175 Å². The summed E-state index contributed by atoms with van der Waals surface area (Å²) in [6, 6.07) is 7.06. The lowest BCUT2D eigenvalue weighted by molar-refractivity contribution is 0.100. The first-order valence-electron chi connectivity index (χ1n) is 9.91. The van der Waals surface area contributed by atoms with Crippen LogP contribution in [-0.4, -0.2) is 50.1 Å². The first-order chi connectivity index (χ1) is 14.1. The number of primary amides is 1. The predicted octanol–water partition coefficient (Wildman–Crippen LogP) is 3.52. The molecule has 4 N–H and O–H groups in total. The van der Waals surface area contributed by atoms with Crippen LogP contribution in [0.4, 0.5) is 9.80 Å². The van der Waals surface area contributed by atoms with Gasteiger partial charge in [0.05, 0.1) is 12.7 Å². The number of rotatable bonds is 9. The first-order valence-corrected chi connectivity index (χ1v) is 10.8. The number of nitrogens with zero attached hydrogens (tertiary/aromatic N) is 1. The van der Waals surface area contributed by atoms with Gasteiger partial charge in [-0.1, -0.05) is 12.1 Å². The lowest BCUT2D eigenvalue weighted by atomic mass is 10.0. The molecule has 1 aromatic heterocycles. The van der Waals surface area contributed by atoms with Gasteiger partial charge >= 0.3 is 6.03 Å². The fourth-order valence-electron chi connectivity index (χ4n) is 3.51. The summed E-state index contributed by atoms with van der Waals surface area (Å²) < 4.78 is 5.25. The normalized spacial score (nSPS) is 14.0. The number of unbranched alkanes of at least 4 members (excludes halogenated alkanes) is 1. The van der Waals surface area contributed by atoms with E-state index in [1.807, 2.05) is 29.6 Å². The quantitative estimate of drug-likeness (QED) is 0.545. The van der Waals surface area contributed by atoms with Crippen LogP contribution in [0.5, 0.6) is 5.75 Å². The number of nitrogens with two attached hydrogens (primary N) is 1. The van der Waals surface area contributed by atoms with E-state index in [4.69, 9.17) is 10.5 Å². The van der Waals surface area contributed by atoms with E-state index in [1.54, 1.807) is 7.11 Å². The van der Waals surface area contributed by atoms with Crippen molar-refractivity contribution in [3.05, 3.63) is 35.2 Å². The van der Waals surface area contributed by atoms with Crippen molar-refractivity contribution in [1.29, 1.82) is 0 Å². The van der Waals surface area contributed by atoms with Crippen LogP contribution < -0.4 is 21.1 Å². The smallest absolute Gasteiger partial charge is 0.319 e. The number of thiophene rings is 1. The number of nitrogens with one attached hydrogen (secondary N) is 2. The van der Waals surface area contributed by atoms with Crippen molar-refractivity contribution in [2.24, 2.45) is 5.73 Å². The minimum atomic E-state index is -0.579. The summed E-state index contributed by atoms with van der Waals surface area (Å²) in [6.45, 7) is 4.07. The average Bonchev–Trinajstić information content (AvgIpc) is 3.37. The van der Waals surface area contributed by atoms with Crippen LogP contribution in [0.25, 0.3) is 11.1 Å². The van der Waals surface area contributed by atoms with Gasteiger partial charge in [-0.15, -0.1) is 11.3 Å². The number of anilines is 1. The molecule has 1 saturated heterocycles. The SMILES string of the molecule is COc1cccc(-c2csc(NC(=O)NCCCCN3CCCC3)c2C(N)=O)c1. The van der Waals surface area contributed by atoms with Gasteiger partial charge in [-0.3, -0.25) is 10.1 Å². The summed E-state index contributed by atoms with van der Waals surface area (Å²) in [4.78, 5) is 26.8. The van der Waals surface area contributed by atoms with Crippen LogP contribution in [0.3, 0.4) is 0 Å². The highest BCUT2D eigenvalue weighted by atomic mass is 32.1. The monoisotopic (exact) mass is 416 g/mol. The molecule has 0 atom stereocenters. The summed E-state index contributed by atoms with van der Waals surface area (Å²) in [6.07, 6.45) is 4.57. The fourth-order valence-corrected chi connectivity index (χ4v) is 4.48. The second kappa shape index (κ2) is 10.3. The molecule has 29 heavy (non-hydrogen) atoms. The maximum absolute atomic E-state index is 12.3. The molecule has 3 amide bonds. The number of hydrogen-bond donors (Lipinski definition) is 3. The van der Waals surface area contributed by atoms with Gasteiger partial charge in [0.1, 0.15) is 10.8 Å². The van der Waals surface area contributed by atoms with E-state index in [2.05, 4.69) is 15.5 Å². The zero-order chi connectivity index (χ0) is 20.6. The van der Waals surface area contributed by atoms with E-state index in [1.165, 1.54) is 37.3 Å². The fraction of sp³-hybridized carbons (Fsp3) is 0.429. The molecule has 0 saturated carbocycles. The van der Waals surface area contributed by atoms with Gasteiger partial charge < -0.3 is 20.7 Å². The van der Waals surface area contributed by atoms with Gasteiger partial charge in [0.2, 0.25) is 0 Å². The van der Waals surface area contributed by atoms with Crippen molar-refractivity contribution < 1.29 is 14.3 Å². The summed E-state index contributed by atoms with van der Waals surface area (Å²) in [5.74, 6) is 0.107. The van der Waals surface area contributed by atoms with Gasteiger partial charge in [-0.05, 0) is 63.0 Å². The largest absolute Gasteiger partial charge is 0.497 e. The van der Waals surface area contributed by atoms with Gasteiger partial charge in [-0.25, -0.2) is 4.79 Å². The second-order valence-corrected chi connectivity index (χ2v) is 7.97. The Hall–Kier alpha value is -2.58. The Bertz CT molecular complexity index is 846. The molecule has 1 aliphatic heterocycles. The number of carbonyl (C=O) groups excluding carboxylic acids is 2. The number of amides is 3. The first kappa shape index (κ1) is 21.1. The number of methoxy groups -OCH3 is 1. The minimum absolute atomic E-state index is 0.312. The molecule has 3 rings (SSSR count). The zero-order valence-electron chi connectivity index (χ0n) is 16.7. The second-order valence-electron chi connectivity index (χ2n) is 7.09. The van der Waals surface area contributed by atoms with Crippen molar-refractivity contribution in [2.45, 2.75) is 25.7 Å². The molecule has 1 aromatic carbocycles. The summed E-state index contributed by atoms with van der Waals surface area (Å²) in [5.41, 5.74) is 7.41. The molecule has 7 nitrogen and oxygen atoms in total. The lowest BCUT2D eigenvalue weighted by Gasteiger charge is -2.14. The highest BCUT2D eigenvalue weighted by molar-refractivity contribution is 7.15. The molecule has 0 radical (unpaired) electrons. The van der Waals surface area contributed by atoms with Crippen molar-refractivity contribution in [3.63, 3.8) is 0 Å². The van der Waals surface area contributed by atoms with Gasteiger partial charge in [0.15, 0.2) is 0 Å². The zero-order valence-corrected chi connectivity index (χ0v) is 17.5. The molecule has 0 unspecified atom stereocenters. The molecular formula is C21H28N4O3S. The number of likely N-dealkylation sites (tertiary alicyclic amines) is 1. The Morgan fingerprint density at radius 3 is 2.76 bits per heavy atom. The van der Waals surface area contributed by atoms with Crippen LogP contribution in [0, 0.1) is 0 Å². The van der Waals surface area contributed by atoms with Crippen LogP contribution >= 0.6 is 11.3 Å². The van der Waals surface area contributed by atoms with Gasteiger partial charge in [0, 0.05) is 17.5 Å². The molecule has 2 heterocycles. The third kappa shape index (κ3) is 5.71. The van der Waals surface area contributed by atoms with E-state index in [0.29, 0.717) is 28.4 Å². The Morgan fingerprint density at radius 2 is 2.03 bits per heavy atom. The van der Waals surface area contributed by atoms with Crippen molar-refractivity contribution in [2.75, 3.05) is 38.6 Å². The molecule has 0 aliphatic carbocycles. The molecule has 0 bridgehead atoms. The van der Waals surface area contributed by atoms with Crippen LogP contribution in [0.1, 0.15) is 36.0 Å². The van der Waals surface area contributed by atoms with Crippen LogP contribution in [0.15, 0.2) is 29.6 Å². The standard InChI is InChI=1S/C21H28N4O3S/c1-28-16-8-6-7-15(13-16)17-14-29-20(18(17)19(22)26)24-21(27)23-9-2-3-10-25-11-4-5-12-25/h6-8,13-14H,2-5,9-12H2,1H3,(H2,22,26)(H2,23,24,27). The van der Waals surface area contributed by atoms with E-state index >= 15 is 0 Å². The third-order valence-corrected chi connectivity index (χ3v) is 5.93. The molecule has 8 heteroatoms. The molecule has 2 aromatic rings. The van der Waals surface area contributed by atoms with Crippen LogP contribution in [-0.2, 0) is 0 Å². The number of hydrogen-bond acceptors (Lipinski definition) is 5. The van der Waals surface area contributed by atoms with Crippen LogP contribution in [0.2, 0.25) is 0 Å². The maximum atomic E-state index is 12.3. The number of benzene rings is 1. The molecule has 1 aliphatic rings. The number of urea groups is 1. The number of carbonyl (C=O) groups is 2. The maximum Gasteiger partial charge on any atom is 0.319 e. The van der Waals surface area contributed by atoms with E-state index in [9.17, 15) is 9.59 Å². The Morgan fingerprint density at radius 1 is 1.24 bits per heavy atom. The summed E-state index contributed by atoms with van der Waals surface area (Å²) in [7, 11) is 1.59. The van der Waals surface area contributed by atoms with E-state index in [0.717, 1.165) is 24.9 Å². The Balaban J connectivity index is 1.56. The topological polar surface area (TPSA) is 96.7 Å². The molecule has 156 valence electrons. The number of ether oxygens (including phenoxy) is 1. The van der Waals surface area contributed by atoms with Crippen molar-refractivity contribution >= 4 is 28.3 Å². The summed E-state index contributed by atoms with van der Waals surface area (Å²) in [5, 5.41) is 7.89. The highest BCUT2D eigenvalue weighted by Crippen LogP contribution is 2.36.